The third-order valence-electron chi connectivity index (χ3n) is 4.94. The van der Waals surface area contributed by atoms with Gasteiger partial charge in [0.25, 0.3) is 0 Å². The predicted molar refractivity (Wildman–Crippen MR) is 134 cm³/mol. The highest BCUT2D eigenvalue weighted by Crippen LogP contribution is 2.25. The second-order valence-electron chi connectivity index (χ2n) is 7.14. The van der Waals surface area contributed by atoms with Gasteiger partial charge < -0.3 is 10.5 Å². The Morgan fingerprint density at radius 1 is 0.912 bits per heavy atom. The molecule has 34 heavy (non-hydrogen) atoms. The van der Waals surface area contributed by atoms with Gasteiger partial charge in [-0.2, -0.15) is 0 Å². The lowest BCUT2D eigenvalue weighted by Crippen LogP contribution is -2.12. The number of benzene rings is 3. The number of carbonyl (C=O) groups excluding carboxylic acids is 1. The molecule has 7 heteroatoms. The molecule has 0 radical (unpaired) electrons. The van der Waals surface area contributed by atoms with Crippen LogP contribution >= 0.6 is 0 Å². The van der Waals surface area contributed by atoms with Gasteiger partial charge in [0.05, 0.1) is 11.4 Å². The fourth-order valence-corrected chi connectivity index (χ4v) is 3.50. The van der Waals surface area contributed by atoms with E-state index in [2.05, 4.69) is 43.8 Å². The first-order valence-corrected chi connectivity index (χ1v) is 11.2. The molecule has 0 fully saturated rings. The summed E-state index contributed by atoms with van der Waals surface area (Å²) in [5, 5.41) is 8.43. The van der Waals surface area contributed by atoms with Gasteiger partial charge >= 0.3 is 6.09 Å². The van der Waals surface area contributed by atoms with Crippen LogP contribution in [0.1, 0.15) is 42.2 Å². The summed E-state index contributed by atoms with van der Waals surface area (Å²) < 4.78 is 6.66. The number of hydrogen-bond acceptors (Lipinski definition) is 5. The number of aromatic nitrogens is 3. The lowest BCUT2D eigenvalue weighted by atomic mass is 10.0. The summed E-state index contributed by atoms with van der Waals surface area (Å²) in [7, 11) is 0. The molecule has 5 rings (SSSR count). The Hall–Kier alpha value is -4.26. The molecular weight excluding hydrogens is 426 g/mol. The van der Waals surface area contributed by atoms with Crippen LogP contribution in [0.25, 0.3) is 5.69 Å². The summed E-state index contributed by atoms with van der Waals surface area (Å²) >= 11 is 0. The molecule has 3 aromatic carbocycles. The van der Waals surface area contributed by atoms with E-state index in [1.165, 1.54) is 0 Å². The average Bonchev–Trinajstić information content (AvgIpc) is 3.17. The van der Waals surface area contributed by atoms with E-state index in [-0.39, 0.29) is 6.61 Å². The highest BCUT2D eigenvalue weighted by molar-refractivity contribution is 6.15. The fraction of sp³-hybridized carbons (Fsp3) is 0.185. The molecule has 0 spiro atoms. The number of para-hydroxylation sites is 1. The van der Waals surface area contributed by atoms with Crippen molar-refractivity contribution in [3.05, 3.63) is 113 Å². The van der Waals surface area contributed by atoms with Crippen molar-refractivity contribution in [1.29, 1.82) is 0 Å². The number of primary amides is 1. The third kappa shape index (κ3) is 5.95. The van der Waals surface area contributed by atoms with E-state index in [0.29, 0.717) is 6.54 Å². The Morgan fingerprint density at radius 3 is 2.21 bits per heavy atom. The molecule has 0 atom stereocenters. The van der Waals surface area contributed by atoms with Crippen molar-refractivity contribution in [1.82, 2.24) is 14.8 Å². The van der Waals surface area contributed by atoms with Gasteiger partial charge in [-0.3, -0.25) is 9.56 Å². The number of carbonyl (C=O) groups is 1. The number of rotatable bonds is 3. The standard InChI is InChI=1S/C17H14N4.C8H9NO2.C2H6/c1-12-19-20-16-11-18-17(13-7-3-2-4-8-13)14-9-5-6-10-15(14)21(12)16;9-8(10)11-6-7-4-2-1-3-5-7;1-2/h2-10H,11H2,1H3;1-5H,6H2,(H2,9,10);1-2H3. The minimum Gasteiger partial charge on any atom is -0.445 e. The number of hydrogen-bond donors (Lipinski definition) is 1. The van der Waals surface area contributed by atoms with Crippen molar-refractivity contribution in [3.63, 3.8) is 0 Å². The second kappa shape index (κ2) is 12.1. The van der Waals surface area contributed by atoms with Gasteiger partial charge in [0, 0.05) is 11.1 Å². The number of nitrogens with two attached hydrogens (primary N) is 1. The number of amides is 1. The molecule has 4 aromatic rings. The molecule has 2 heterocycles. The summed E-state index contributed by atoms with van der Waals surface area (Å²) in [6.07, 6.45) is -0.742. The van der Waals surface area contributed by atoms with Gasteiger partial charge in [0.1, 0.15) is 19.0 Å². The second-order valence-corrected chi connectivity index (χ2v) is 7.14. The number of aliphatic imine (C=N–C) groups is 1. The first-order valence-electron chi connectivity index (χ1n) is 11.2. The maximum atomic E-state index is 10.2. The van der Waals surface area contributed by atoms with Crippen molar-refractivity contribution >= 4 is 11.8 Å². The lowest BCUT2D eigenvalue weighted by molar-refractivity contribution is 0.150. The Morgan fingerprint density at radius 2 is 1.53 bits per heavy atom. The van der Waals surface area contributed by atoms with Crippen molar-refractivity contribution in [3.8, 4) is 5.69 Å². The zero-order valence-electron chi connectivity index (χ0n) is 19.7. The van der Waals surface area contributed by atoms with Gasteiger partial charge in [-0.1, -0.05) is 92.7 Å². The molecule has 7 nitrogen and oxygen atoms in total. The van der Waals surface area contributed by atoms with Crippen LogP contribution in [0.5, 0.6) is 0 Å². The summed E-state index contributed by atoms with van der Waals surface area (Å²) in [4.78, 5) is 15.0. The van der Waals surface area contributed by atoms with Crippen molar-refractivity contribution < 1.29 is 9.53 Å². The highest BCUT2D eigenvalue weighted by atomic mass is 16.5. The van der Waals surface area contributed by atoms with Crippen LogP contribution in [0.4, 0.5) is 4.79 Å². The molecule has 1 amide bonds. The molecule has 1 aliphatic rings. The zero-order chi connectivity index (χ0) is 24.3. The fourth-order valence-electron chi connectivity index (χ4n) is 3.50. The van der Waals surface area contributed by atoms with Gasteiger partial charge in [-0.05, 0) is 18.6 Å². The van der Waals surface area contributed by atoms with Crippen LogP contribution in [-0.4, -0.2) is 26.6 Å². The summed E-state index contributed by atoms with van der Waals surface area (Å²) in [5.74, 6) is 1.77. The van der Waals surface area contributed by atoms with E-state index < -0.39 is 6.09 Å². The topological polar surface area (TPSA) is 95.4 Å². The van der Waals surface area contributed by atoms with Gasteiger partial charge in [-0.15, -0.1) is 10.2 Å². The van der Waals surface area contributed by atoms with Crippen molar-refractivity contribution in [2.24, 2.45) is 10.7 Å². The van der Waals surface area contributed by atoms with Crippen molar-refractivity contribution in [2.75, 3.05) is 0 Å². The van der Waals surface area contributed by atoms with Crippen LogP contribution in [0.3, 0.4) is 0 Å². The monoisotopic (exact) mass is 455 g/mol. The molecule has 0 saturated heterocycles. The first kappa shape index (κ1) is 24.4. The zero-order valence-corrected chi connectivity index (χ0v) is 19.7. The molecule has 1 aromatic heterocycles. The van der Waals surface area contributed by atoms with Crippen LogP contribution in [0.15, 0.2) is 89.9 Å². The summed E-state index contributed by atoms with van der Waals surface area (Å²) in [6, 6.07) is 27.9. The Bertz CT molecular complexity index is 1230. The first-order chi connectivity index (χ1) is 16.6. The summed E-state index contributed by atoms with van der Waals surface area (Å²) in [6.45, 7) is 6.76. The number of nitrogens with zero attached hydrogens (tertiary/aromatic N) is 4. The van der Waals surface area contributed by atoms with Crippen LogP contribution in [-0.2, 0) is 17.9 Å². The quantitative estimate of drug-likeness (QED) is 0.457. The molecule has 174 valence electrons. The summed E-state index contributed by atoms with van der Waals surface area (Å²) in [5.41, 5.74) is 10.1. The van der Waals surface area contributed by atoms with Crippen molar-refractivity contribution in [2.45, 2.75) is 33.9 Å². The van der Waals surface area contributed by atoms with Gasteiger partial charge in [0.2, 0.25) is 0 Å². The van der Waals surface area contributed by atoms with Gasteiger partial charge in [-0.25, -0.2) is 4.79 Å². The van der Waals surface area contributed by atoms with E-state index in [0.717, 1.165) is 39.7 Å². The molecule has 0 saturated carbocycles. The molecule has 0 unspecified atom stereocenters. The SMILES string of the molecule is CC.Cc1nnc2n1-c1ccccc1C(c1ccccc1)=NC2.NC(=O)OCc1ccccc1. The average molecular weight is 456 g/mol. The molecule has 1 aliphatic heterocycles. The van der Waals surface area contributed by atoms with Crippen LogP contribution < -0.4 is 5.73 Å². The Labute approximate surface area is 200 Å². The molecular formula is C27H29N5O2. The lowest BCUT2D eigenvalue weighted by Gasteiger charge is -2.12. The Kier molecular flexibility index (Phi) is 8.68. The molecule has 0 bridgehead atoms. The minimum absolute atomic E-state index is 0.246. The van der Waals surface area contributed by atoms with Crippen LogP contribution in [0.2, 0.25) is 0 Å². The normalized spacial score (nSPS) is 11.2. The number of aryl methyl sites for hydroxylation is 1. The molecule has 0 aliphatic carbocycles. The maximum absolute atomic E-state index is 10.2. The van der Waals surface area contributed by atoms with E-state index in [1.807, 2.05) is 81.4 Å². The van der Waals surface area contributed by atoms with E-state index in [4.69, 9.17) is 10.7 Å². The largest absolute Gasteiger partial charge is 0.445 e. The maximum Gasteiger partial charge on any atom is 0.404 e. The molecule has 2 N–H and O–H groups in total. The van der Waals surface area contributed by atoms with E-state index in [1.54, 1.807) is 0 Å². The third-order valence-corrected chi connectivity index (χ3v) is 4.94. The van der Waals surface area contributed by atoms with Gasteiger partial charge in [0.15, 0.2) is 5.82 Å². The van der Waals surface area contributed by atoms with E-state index in [9.17, 15) is 4.79 Å². The minimum atomic E-state index is -0.742. The van der Waals surface area contributed by atoms with Crippen LogP contribution in [0, 0.1) is 6.92 Å². The predicted octanol–water partition coefficient (Wildman–Crippen LogP) is 5.23. The van der Waals surface area contributed by atoms with E-state index >= 15 is 0 Å². The Balaban J connectivity index is 0.000000212. The number of fused-ring (bicyclic) bond motifs is 3. The highest BCUT2D eigenvalue weighted by Gasteiger charge is 2.20. The smallest absolute Gasteiger partial charge is 0.404 e. The number of ether oxygens (including phenoxy) is 1.